The van der Waals surface area contributed by atoms with Crippen molar-refractivity contribution in [3.05, 3.63) is 46.4 Å². The largest absolute Gasteiger partial charge is 0.252 e. The fourth-order valence-corrected chi connectivity index (χ4v) is 1.94. The third-order valence-electron chi connectivity index (χ3n) is 2.32. The first kappa shape index (κ1) is 9.71. The molecule has 0 saturated heterocycles. The van der Waals surface area contributed by atoms with Gasteiger partial charge in [0.1, 0.15) is 6.33 Å². The van der Waals surface area contributed by atoms with Crippen LogP contribution < -0.4 is 0 Å². The second kappa shape index (κ2) is 3.82. The van der Waals surface area contributed by atoms with E-state index in [1.54, 1.807) is 10.7 Å². The average Bonchev–Trinajstić information content (AvgIpc) is 2.78. The van der Waals surface area contributed by atoms with Gasteiger partial charge < -0.3 is 0 Å². The van der Waals surface area contributed by atoms with Gasteiger partial charge >= 0.3 is 0 Å². The molecule has 0 aliphatic rings. The van der Waals surface area contributed by atoms with Crippen molar-refractivity contribution in [2.75, 3.05) is 0 Å². The molecule has 0 N–H and O–H groups in total. The molecule has 3 aromatic rings. The van der Waals surface area contributed by atoms with Crippen molar-refractivity contribution in [2.24, 2.45) is 0 Å². The van der Waals surface area contributed by atoms with E-state index in [9.17, 15) is 0 Å². The van der Waals surface area contributed by atoms with Gasteiger partial charge in [-0.15, -0.1) is 0 Å². The Morgan fingerprint density at radius 1 is 1.00 bits per heavy atom. The number of benzene rings is 1. The van der Waals surface area contributed by atoms with Crippen LogP contribution in [0.5, 0.6) is 0 Å². The maximum Gasteiger partial charge on any atom is 0.252 e. The van der Waals surface area contributed by atoms with E-state index in [1.165, 1.54) is 9.90 Å². The first-order valence-corrected chi connectivity index (χ1v) is 5.83. The molecular formula is C11H7IN4. The minimum Gasteiger partial charge on any atom is -0.220 e. The number of aromatic nitrogens is 4. The second-order valence-corrected chi connectivity index (χ2v) is 4.55. The summed E-state index contributed by atoms with van der Waals surface area (Å²) in [6, 6.07) is 10.2. The van der Waals surface area contributed by atoms with Gasteiger partial charge in [0.2, 0.25) is 0 Å². The molecule has 0 bridgehead atoms. The Morgan fingerprint density at radius 2 is 1.81 bits per heavy atom. The molecule has 0 radical (unpaired) electrons. The summed E-state index contributed by atoms with van der Waals surface area (Å²) in [5.41, 5.74) is 2.11. The summed E-state index contributed by atoms with van der Waals surface area (Å²) in [5, 5.41) is 4.16. The molecule has 4 nitrogen and oxygen atoms in total. The third kappa shape index (κ3) is 1.57. The lowest BCUT2D eigenvalue weighted by Crippen LogP contribution is -1.95. The van der Waals surface area contributed by atoms with Gasteiger partial charge in [-0.05, 0) is 40.8 Å². The van der Waals surface area contributed by atoms with E-state index >= 15 is 0 Å². The molecule has 16 heavy (non-hydrogen) atoms. The first-order chi connectivity index (χ1) is 7.84. The second-order valence-electron chi connectivity index (χ2n) is 3.31. The van der Waals surface area contributed by atoms with E-state index in [2.05, 4.69) is 61.9 Å². The molecule has 1 aromatic carbocycles. The summed E-state index contributed by atoms with van der Waals surface area (Å²) in [6.45, 7) is 0. The van der Waals surface area contributed by atoms with Crippen molar-refractivity contribution in [1.29, 1.82) is 0 Å². The van der Waals surface area contributed by atoms with Crippen molar-refractivity contribution >= 4 is 28.4 Å². The highest BCUT2D eigenvalue weighted by Crippen LogP contribution is 2.19. The van der Waals surface area contributed by atoms with Crippen molar-refractivity contribution in [3.8, 4) is 11.3 Å². The van der Waals surface area contributed by atoms with Gasteiger partial charge in [-0.2, -0.15) is 14.6 Å². The van der Waals surface area contributed by atoms with E-state index in [-0.39, 0.29) is 0 Å². The lowest BCUT2D eigenvalue weighted by molar-refractivity contribution is 0.947. The number of hydrogen-bond acceptors (Lipinski definition) is 3. The van der Waals surface area contributed by atoms with Crippen LogP contribution in [-0.2, 0) is 0 Å². The standard InChI is InChI=1S/C11H7IN4/c12-9-3-1-8(2-4-9)10-5-6-13-11-14-7-15-16(10)11/h1-7H. The topological polar surface area (TPSA) is 43.1 Å². The predicted octanol–water partition coefficient (Wildman–Crippen LogP) is 2.40. The minimum atomic E-state index is 0.621. The Labute approximate surface area is 105 Å². The van der Waals surface area contributed by atoms with Crippen LogP contribution in [0.3, 0.4) is 0 Å². The Morgan fingerprint density at radius 3 is 2.62 bits per heavy atom. The highest BCUT2D eigenvalue weighted by Gasteiger charge is 2.04. The van der Waals surface area contributed by atoms with Crippen molar-refractivity contribution in [2.45, 2.75) is 0 Å². The van der Waals surface area contributed by atoms with Gasteiger partial charge in [0.05, 0.1) is 5.69 Å². The molecule has 2 aromatic heterocycles. The Hall–Kier alpha value is -1.50. The van der Waals surface area contributed by atoms with E-state index in [0.29, 0.717) is 5.78 Å². The van der Waals surface area contributed by atoms with Gasteiger partial charge in [-0.1, -0.05) is 12.1 Å². The average molecular weight is 322 g/mol. The summed E-state index contributed by atoms with van der Waals surface area (Å²) in [6.07, 6.45) is 3.26. The van der Waals surface area contributed by atoms with Crippen molar-refractivity contribution in [3.63, 3.8) is 0 Å². The molecule has 0 spiro atoms. The molecule has 0 atom stereocenters. The lowest BCUT2D eigenvalue weighted by Gasteiger charge is -2.03. The van der Waals surface area contributed by atoms with Crippen LogP contribution in [0.1, 0.15) is 0 Å². The zero-order valence-corrected chi connectivity index (χ0v) is 10.4. The quantitative estimate of drug-likeness (QED) is 0.646. The molecule has 2 heterocycles. The SMILES string of the molecule is Ic1ccc(-c2ccnc3ncnn23)cc1. The summed E-state index contributed by atoms with van der Waals surface area (Å²) < 4.78 is 2.95. The van der Waals surface area contributed by atoms with E-state index in [0.717, 1.165) is 11.3 Å². The van der Waals surface area contributed by atoms with Crippen molar-refractivity contribution in [1.82, 2.24) is 19.6 Å². The molecule has 0 fully saturated rings. The lowest BCUT2D eigenvalue weighted by atomic mass is 10.1. The number of hydrogen-bond donors (Lipinski definition) is 0. The molecule has 0 saturated carbocycles. The smallest absolute Gasteiger partial charge is 0.220 e. The first-order valence-electron chi connectivity index (χ1n) is 4.75. The monoisotopic (exact) mass is 322 g/mol. The van der Waals surface area contributed by atoms with Crippen LogP contribution in [0.15, 0.2) is 42.9 Å². The molecule has 3 rings (SSSR count). The number of fused-ring (bicyclic) bond motifs is 1. The Balaban J connectivity index is 2.25. The van der Waals surface area contributed by atoms with Gasteiger partial charge in [-0.3, -0.25) is 0 Å². The van der Waals surface area contributed by atoms with Gasteiger partial charge in [0.25, 0.3) is 5.78 Å². The highest BCUT2D eigenvalue weighted by molar-refractivity contribution is 14.1. The fraction of sp³-hybridized carbons (Fsp3) is 0. The zero-order chi connectivity index (χ0) is 11.0. The van der Waals surface area contributed by atoms with Crippen LogP contribution in [0, 0.1) is 3.57 Å². The Bertz CT molecular complexity index is 630. The molecule has 0 aliphatic carbocycles. The summed E-state index contributed by atoms with van der Waals surface area (Å²) in [7, 11) is 0. The molecule has 0 amide bonds. The summed E-state index contributed by atoms with van der Waals surface area (Å²) in [4.78, 5) is 8.19. The molecule has 0 aliphatic heterocycles. The van der Waals surface area contributed by atoms with Crippen LogP contribution in [0.25, 0.3) is 17.0 Å². The number of halogens is 1. The van der Waals surface area contributed by atoms with Crippen LogP contribution in [0.2, 0.25) is 0 Å². The fourth-order valence-electron chi connectivity index (χ4n) is 1.58. The van der Waals surface area contributed by atoms with Gasteiger partial charge in [-0.25, -0.2) is 4.98 Å². The zero-order valence-electron chi connectivity index (χ0n) is 8.21. The van der Waals surface area contributed by atoms with Crippen LogP contribution in [0.4, 0.5) is 0 Å². The molecule has 5 heteroatoms. The van der Waals surface area contributed by atoms with E-state index in [4.69, 9.17) is 0 Å². The molecule has 78 valence electrons. The maximum atomic E-state index is 4.16. The summed E-state index contributed by atoms with van der Waals surface area (Å²) in [5.74, 6) is 0.621. The van der Waals surface area contributed by atoms with Crippen LogP contribution >= 0.6 is 22.6 Å². The van der Waals surface area contributed by atoms with Crippen LogP contribution in [-0.4, -0.2) is 19.6 Å². The Kier molecular flexibility index (Phi) is 2.32. The molecule has 0 unspecified atom stereocenters. The minimum absolute atomic E-state index is 0.621. The highest BCUT2D eigenvalue weighted by atomic mass is 127. The van der Waals surface area contributed by atoms with Gasteiger partial charge in [0.15, 0.2) is 0 Å². The van der Waals surface area contributed by atoms with Gasteiger partial charge in [0, 0.05) is 15.3 Å². The summed E-state index contributed by atoms with van der Waals surface area (Å²) >= 11 is 2.29. The molecular weight excluding hydrogens is 315 g/mol. The third-order valence-corrected chi connectivity index (χ3v) is 3.04. The number of nitrogens with zero attached hydrogens (tertiary/aromatic N) is 4. The predicted molar refractivity (Wildman–Crippen MR) is 68.9 cm³/mol. The maximum absolute atomic E-state index is 4.16. The normalized spacial score (nSPS) is 10.8. The van der Waals surface area contributed by atoms with E-state index < -0.39 is 0 Å². The van der Waals surface area contributed by atoms with E-state index in [1.807, 2.05) is 6.07 Å². The number of rotatable bonds is 1. The van der Waals surface area contributed by atoms with Crippen molar-refractivity contribution < 1.29 is 0 Å².